The molecular formula is C15H16N2O2. The van der Waals surface area contributed by atoms with Gasteiger partial charge in [-0.15, -0.1) is 0 Å². The Labute approximate surface area is 111 Å². The molecule has 1 aliphatic carbocycles. The van der Waals surface area contributed by atoms with Crippen LogP contribution in [0.25, 0.3) is 17.0 Å². The summed E-state index contributed by atoms with van der Waals surface area (Å²) < 4.78 is 4.88. The van der Waals surface area contributed by atoms with Crippen LogP contribution in [0.2, 0.25) is 0 Å². The largest absolute Gasteiger partial charge is 0.463 e. The molecule has 98 valence electrons. The Hall–Kier alpha value is -2.10. The summed E-state index contributed by atoms with van der Waals surface area (Å²) in [5.41, 5.74) is 3.16. The molecule has 3 rings (SSSR count). The maximum absolute atomic E-state index is 11.4. The molecule has 0 saturated heterocycles. The number of H-pyrrole nitrogens is 1. The van der Waals surface area contributed by atoms with E-state index in [2.05, 4.69) is 16.3 Å². The number of aromatic nitrogens is 2. The quantitative estimate of drug-likeness (QED) is 0.675. The van der Waals surface area contributed by atoms with Gasteiger partial charge in [-0.05, 0) is 43.4 Å². The highest BCUT2D eigenvalue weighted by atomic mass is 16.5. The third-order valence-electron chi connectivity index (χ3n) is 3.33. The molecule has 1 N–H and O–H groups in total. The Balaban J connectivity index is 1.97. The Morgan fingerprint density at radius 2 is 2.37 bits per heavy atom. The van der Waals surface area contributed by atoms with Crippen molar-refractivity contribution in [3.8, 4) is 0 Å². The molecule has 0 spiro atoms. The third kappa shape index (κ3) is 2.38. The number of aromatic amines is 1. The first kappa shape index (κ1) is 12.0. The number of hydrogen-bond acceptors (Lipinski definition) is 3. The van der Waals surface area contributed by atoms with Crippen LogP contribution in [0.5, 0.6) is 0 Å². The lowest BCUT2D eigenvalue weighted by Crippen LogP contribution is -1.98. The van der Waals surface area contributed by atoms with Crippen molar-refractivity contribution in [1.82, 2.24) is 10.2 Å². The van der Waals surface area contributed by atoms with Gasteiger partial charge >= 0.3 is 5.97 Å². The van der Waals surface area contributed by atoms with Crippen LogP contribution in [-0.2, 0) is 9.53 Å². The van der Waals surface area contributed by atoms with Gasteiger partial charge in [-0.2, -0.15) is 5.10 Å². The van der Waals surface area contributed by atoms with Gasteiger partial charge < -0.3 is 4.74 Å². The third-order valence-corrected chi connectivity index (χ3v) is 3.33. The Morgan fingerprint density at radius 1 is 1.53 bits per heavy atom. The number of ether oxygens (including phenoxy) is 1. The van der Waals surface area contributed by atoms with Crippen molar-refractivity contribution >= 4 is 22.9 Å². The van der Waals surface area contributed by atoms with E-state index in [0.29, 0.717) is 12.5 Å². The molecule has 19 heavy (non-hydrogen) atoms. The molecular weight excluding hydrogens is 240 g/mol. The molecule has 1 fully saturated rings. The maximum atomic E-state index is 11.4. The predicted molar refractivity (Wildman–Crippen MR) is 73.7 cm³/mol. The van der Waals surface area contributed by atoms with Crippen LogP contribution in [0.1, 0.15) is 36.9 Å². The molecule has 4 heteroatoms. The van der Waals surface area contributed by atoms with Gasteiger partial charge in [0.2, 0.25) is 0 Å². The molecule has 1 saturated carbocycles. The lowest BCUT2D eigenvalue weighted by Gasteiger charge is -2.00. The van der Waals surface area contributed by atoms with Crippen LogP contribution in [0, 0.1) is 0 Å². The van der Waals surface area contributed by atoms with E-state index in [0.717, 1.165) is 16.6 Å². The molecule has 0 radical (unpaired) electrons. The first-order valence-corrected chi connectivity index (χ1v) is 6.61. The molecule has 0 unspecified atom stereocenters. The van der Waals surface area contributed by atoms with Crippen LogP contribution in [0.15, 0.2) is 24.3 Å². The first-order chi connectivity index (χ1) is 9.29. The van der Waals surface area contributed by atoms with Crippen molar-refractivity contribution < 1.29 is 9.53 Å². The molecule has 1 aromatic heterocycles. The van der Waals surface area contributed by atoms with Gasteiger partial charge in [-0.25, -0.2) is 4.79 Å². The normalized spacial score (nSPS) is 15.2. The average Bonchev–Trinajstić information content (AvgIpc) is 3.17. The second kappa shape index (κ2) is 4.88. The van der Waals surface area contributed by atoms with Gasteiger partial charge in [-0.3, -0.25) is 5.10 Å². The van der Waals surface area contributed by atoms with E-state index in [4.69, 9.17) is 4.74 Å². The summed E-state index contributed by atoms with van der Waals surface area (Å²) in [5, 5.41) is 8.42. The van der Waals surface area contributed by atoms with Crippen molar-refractivity contribution in [2.75, 3.05) is 6.61 Å². The topological polar surface area (TPSA) is 55.0 Å². The van der Waals surface area contributed by atoms with Crippen molar-refractivity contribution in [2.45, 2.75) is 25.7 Å². The smallest absolute Gasteiger partial charge is 0.330 e. The van der Waals surface area contributed by atoms with Crippen molar-refractivity contribution in [3.63, 3.8) is 0 Å². The summed E-state index contributed by atoms with van der Waals surface area (Å²) in [4.78, 5) is 11.4. The minimum atomic E-state index is -0.331. The summed E-state index contributed by atoms with van der Waals surface area (Å²) in [6, 6.07) is 6.21. The van der Waals surface area contributed by atoms with Gasteiger partial charge in [-0.1, -0.05) is 12.1 Å². The number of rotatable bonds is 4. The Morgan fingerprint density at radius 3 is 3.11 bits per heavy atom. The van der Waals surface area contributed by atoms with Crippen LogP contribution in [0.4, 0.5) is 0 Å². The average molecular weight is 256 g/mol. The summed E-state index contributed by atoms with van der Waals surface area (Å²) in [6.07, 6.45) is 5.64. The van der Waals surface area contributed by atoms with E-state index in [1.165, 1.54) is 24.5 Å². The van der Waals surface area contributed by atoms with Crippen LogP contribution in [-0.4, -0.2) is 22.8 Å². The van der Waals surface area contributed by atoms with Gasteiger partial charge in [0.05, 0.1) is 17.8 Å². The van der Waals surface area contributed by atoms with Crippen molar-refractivity contribution in [3.05, 3.63) is 35.5 Å². The van der Waals surface area contributed by atoms with Crippen molar-refractivity contribution in [2.24, 2.45) is 0 Å². The lowest BCUT2D eigenvalue weighted by molar-refractivity contribution is -0.137. The summed E-state index contributed by atoms with van der Waals surface area (Å²) in [7, 11) is 0. The van der Waals surface area contributed by atoms with Gasteiger partial charge in [0.25, 0.3) is 0 Å². The molecule has 4 nitrogen and oxygen atoms in total. The monoisotopic (exact) mass is 256 g/mol. The number of hydrogen-bond donors (Lipinski definition) is 1. The molecule has 0 atom stereocenters. The first-order valence-electron chi connectivity index (χ1n) is 6.61. The van der Waals surface area contributed by atoms with E-state index in [1.807, 2.05) is 12.1 Å². The number of nitrogens with one attached hydrogen (secondary N) is 1. The maximum Gasteiger partial charge on any atom is 0.330 e. The number of carbonyl (C=O) groups is 1. The van der Waals surface area contributed by atoms with Gasteiger partial charge in [0.15, 0.2) is 0 Å². The van der Waals surface area contributed by atoms with E-state index in [-0.39, 0.29) is 5.97 Å². The zero-order valence-corrected chi connectivity index (χ0v) is 10.8. The molecule has 2 aromatic rings. The summed E-state index contributed by atoms with van der Waals surface area (Å²) in [5.74, 6) is 0.318. The highest BCUT2D eigenvalue weighted by Gasteiger charge is 2.26. The number of benzene rings is 1. The van der Waals surface area contributed by atoms with E-state index in [1.54, 1.807) is 13.0 Å². The number of esters is 1. The summed E-state index contributed by atoms with van der Waals surface area (Å²) >= 11 is 0. The fourth-order valence-electron chi connectivity index (χ4n) is 2.32. The molecule has 1 heterocycles. The molecule has 0 amide bonds. The SMILES string of the molecule is CCOC(=O)/C=C/c1n[nH]c2cccc(C3CC3)c12. The minimum absolute atomic E-state index is 0.331. The fraction of sp³-hybridized carbons (Fsp3) is 0.333. The van der Waals surface area contributed by atoms with Gasteiger partial charge in [0, 0.05) is 11.5 Å². The Kier molecular flexibility index (Phi) is 3.07. The zero-order valence-electron chi connectivity index (χ0n) is 10.8. The minimum Gasteiger partial charge on any atom is -0.463 e. The fourth-order valence-corrected chi connectivity index (χ4v) is 2.32. The standard InChI is InChI=1S/C15H16N2O2/c1-2-19-14(18)9-8-13-15-11(10-6-7-10)4-3-5-12(15)16-17-13/h3-5,8-10H,2,6-7H2,1H3,(H,16,17)/b9-8+. The highest BCUT2D eigenvalue weighted by molar-refractivity contribution is 5.94. The summed E-state index contributed by atoms with van der Waals surface area (Å²) in [6.45, 7) is 2.18. The molecule has 1 aromatic carbocycles. The second-order valence-electron chi connectivity index (χ2n) is 4.74. The number of nitrogens with zero attached hydrogens (tertiary/aromatic N) is 1. The highest BCUT2D eigenvalue weighted by Crippen LogP contribution is 2.43. The number of fused-ring (bicyclic) bond motifs is 1. The van der Waals surface area contributed by atoms with Gasteiger partial charge in [0.1, 0.15) is 0 Å². The van der Waals surface area contributed by atoms with E-state index < -0.39 is 0 Å². The van der Waals surface area contributed by atoms with E-state index in [9.17, 15) is 4.79 Å². The second-order valence-corrected chi connectivity index (χ2v) is 4.74. The Bertz CT molecular complexity index is 639. The zero-order chi connectivity index (χ0) is 13.2. The molecule has 1 aliphatic rings. The lowest BCUT2D eigenvalue weighted by atomic mass is 10.0. The number of carbonyl (C=O) groups excluding carboxylic acids is 1. The predicted octanol–water partition coefficient (Wildman–Crippen LogP) is 3.02. The van der Waals surface area contributed by atoms with Crippen LogP contribution in [0.3, 0.4) is 0 Å². The molecule has 0 aliphatic heterocycles. The van der Waals surface area contributed by atoms with Crippen LogP contribution < -0.4 is 0 Å². The van der Waals surface area contributed by atoms with E-state index >= 15 is 0 Å². The van der Waals surface area contributed by atoms with Crippen LogP contribution >= 0.6 is 0 Å². The molecule has 0 bridgehead atoms. The van der Waals surface area contributed by atoms with Crippen molar-refractivity contribution in [1.29, 1.82) is 0 Å².